The van der Waals surface area contributed by atoms with Crippen LogP contribution in [0, 0.1) is 5.92 Å². The summed E-state index contributed by atoms with van der Waals surface area (Å²) in [7, 11) is 0. The fraction of sp³-hybridized carbons (Fsp3) is 0.318. The second kappa shape index (κ2) is 7.35. The third-order valence-corrected chi connectivity index (χ3v) is 5.45. The summed E-state index contributed by atoms with van der Waals surface area (Å²) >= 11 is 0. The van der Waals surface area contributed by atoms with Crippen LogP contribution in [0.25, 0.3) is 16.5 Å². The van der Waals surface area contributed by atoms with Gasteiger partial charge < -0.3 is 5.32 Å². The molecule has 1 N–H and O–H groups in total. The summed E-state index contributed by atoms with van der Waals surface area (Å²) in [5, 5.41) is 8.70. The summed E-state index contributed by atoms with van der Waals surface area (Å²) in [4.78, 5) is 26.0. The van der Waals surface area contributed by atoms with E-state index in [1.807, 2.05) is 42.5 Å². The number of nitrogens with one attached hydrogen (secondary N) is 1. The van der Waals surface area contributed by atoms with Crippen molar-refractivity contribution in [1.29, 1.82) is 0 Å². The first-order valence-electron chi connectivity index (χ1n) is 9.53. The highest BCUT2D eigenvalue weighted by molar-refractivity contribution is 6.05. The van der Waals surface area contributed by atoms with Crippen LogP contribution >= 0.6 is 0 Å². The highest BCUT2D eigenvalue weighted by atomic mass is 16.2. The molecule has 0 spiro atoms. The fourth-order valence-electron chi connectivity index (χ4n) is 3.87. The van der Waals surface area contributed by atoms with Gasteiger partial charge in [-0.05, 0) is 37.0 Å². The monoisotopic (exact) mass is 361 g/mol. The molecule has 0 aliphatic heterocycles. The van der Waals surface area contributed by atoms with Gasteiger partial charge in [0.25, 0.3) is 11.5 Å². The summed E-state index contributed by atoms with van der Waals surface area (Å²) in [6.07, 6.45) is 4.46. The first-order valence-corrected chi connectivity index (χ1v) is 9.53. The number of aromatic nitrogens is 2. The maximum atomic E-state index is 13.1. The predicted molar refractivity (Wildman–Crippen MR) is 106 cm³/mol. The van der Waals surface area contributed by atoms with E-state index in [-0.39, 0.29) is 17.5 Å². The van der Waals surface area contributed by atoms with E-state index >= 15 is 0 Å². The van der Waals surface area contributed by atoms with Crippen molar-refractivity contribution >= 4 is 16.7 Å². The molecule has 1 aliphatic rings. The fourth-order valence-corrected chi connectivity index (χ4v) is 3.87. The average Bonchev–Trinajstić information content (AvgIpc) is 2.71. The number of rotatable bonds is 3. The number of benzene rings is 2. The van der Waals surface area contributed by atoms with Gasteiger partial charge in [-0.25, -0.2) is 0 Å². The second-order valence-electron chi connectivity index (χ2n) is 7.29. The van der Waals surface area contributed by atoms with Crippen molar-refractivity contribution in [3.05, 3.63) is 70.6 Å². The molecule has 3 aromatic rings. The molecular formula is C22H23N3O2. The lowest BCUT2D eigenvalue weighted by atomic mass is 9.86. The molecule has 5 nitrogen and oxygen atoms in total. The molecule has 0 radical (unpaired) electrons. The van der Waals surface area contributed by atoms with E-state index in [0.717, 1.165) is 19.3 Å². The average molecular weight is 361 g/mol. The minimum atomic E-state index is -0.223. The Morgan fingerprint density at radius 1 is 1.00 bits per heavy atom. The van der Waals surface area contributed by atoms with Gasteiger partial charge >= 0.3 is 0 Å². The first-order chi connectivity index (χ1) is 13.1. The number of hydrogen-bond donors (Lipinski definition) is 1. The van der Waals surface area contributed by atoms with Crippen LogP contribution in [0.1, 0.15) is 43.1 Å². The topological polar surface area (TPSA) is 64.0 Å². The summed E-state index contributed by atoms with van der Waals surface area (Å²) in [6.45, 7) is 2.18. The maximum absolute atomic E-state index is 13.1. The van der Waals surface area contributed by atoms with Crippen LogP contribution in [0.15, 0.2) is 59.4 Å². The molecule has 1 amide bonds. The number of amides is 1. The molecule has 1 fully saturated rings. The van der Waals surface area contributed by atoms with E-state index in [2.05, 4.69) is 17.3 Å². The molecule has 0 saturated heterocycles. The van der Waals surface area contributed by atoms with Gasteiger partial charge in [0.05, 0.1) is 11.1 Å². The van der Waals surface area contributed by atoms with Crippen LogP contribution in [0.4, 0.5) is 0 Å². The summed E-state index contributed by atoms with van der Waals surface area (Å²) in [5.41, 5.74) is 0.722. The third kappa shape index (κ3) is 3.37. The van der Waals surface area contributed by atoms with Crippen molar-refractivity contribution in [3.8, 4) is 5.69 Å². The van der Waals surface area contributed by atoms with Gasteiger partial charge in [-0.2, -0.15) is 9.78 Å². The molecule has 5 heteroatoms. The SMILES string of the molecule is C[C@@H]1CCCC[C@H]1NC(=O)c1nn(-c2ccccc2)c(=O)c2ccccc12. The van der Waals surface area contributed by atoms with E-state index in [1.54, 1.807) is 12.1 Å². The van der Waals surface area contributed by atoms with Crippen molar-refractivity contribution in [1.82, 2.24) is 15.1 Å². The minimum Gasteiger partial charge on any atom is -0.348 e. The van der Waals surface area contributed by atoms with Gasteiger partial charge in [-0.15, -0.1) is 0 Å². The summed E-state index contributed by atoms with van der Waals surface area (Å²) < 4.78 is 1.32. The first kappa shape index (κ1) is 17.5. The van der Waals surface area contributed by atoms with E-state index in [1.165, 1.54) is 11.1 Å². The molecule has 27 heavy (non-hydrogen) atoms. The predicted octanol–water partition coefficient (Wildman–Crippen LogP) is 3.69. The highest BCUT2D eigenvalue weighted by Gasteiger charge is 2.25. The molecule has 0 unspecified atom stereocenters. The highest BCUT2D eigenvalue weighted by Crippen LogP contribution is 2.24. The lowest BCUT2D eigenvalue weighted by Crippen LogP contribution is -2.42. The van der Waals surface area contributed by atoms with Gasteiger partial charge in [0.15, 0.2) is 5.69 Å². The van der Waals surface area contributed by atoms with E-state index in [0.29, 0.717) is 28.1 Å². The molecule has 138 valence electrons. The molecule has 2 atom stereocenters. The number of carbonyl (C=O) groups excluding carboxylic acids is 1. The van der Waals surface area contributed by atoms with Crippen molar-refractivity contribution in [2.75, 3.05) is 0 Å². The molecule has 2 aromatic carbocycles. The molecule has 4 rings (SSSR count). The van der Waals surface area contributed by atoms with Crippen molar-refractivity contribution in [2.24, 2.45) is 5.92 Å². The number of hydrogen-bond acceptors (Lipinski definition) is 3. The van der Waals surface area contributed by atoms with Gasteiger partial charge in [0.2, 0.25) is 0 Å². The number of fused-ring (bicyclic) bond motifs is 1. The maximum Gasteiger partial charge on any atom is 0.279 e. The molecule has 0 bridgehead atoms. The summed E-state index contributed by atoms with van der Waals surface area (Å²) in [6, 6.07) is 16.5. The number of nitrogens with zero attached hydrogens (tertiary/aromatic N) is 2. The van der Waals surface area contributed by atoms with E-state index in [4.69, 9.17) is 0 Å². The van der Waals surface area contributed by atoms with Gasteiger partial charge in [0, 0.05) is 11.4 Å². The zero-order valence-corrected chi connectivity index (χ0v) is 15.4. The lowest BCUT2D eigenvalue weighted by molar-refractivity contribution is 0.0905. The van der Waals surface area contributed by atoms with Gasteiger partial charge in [-0.1, -0.05) is 56.2 Å². The van der Waals surface area contributed by atoms with Crippen molar-refractivity contribution < 1.29 is 4.79 Å². The standard InChI is InChI=1S/C22H23N3O2/c1-15-9-5-8-14-19(15)23-21(26)20-17-12-6-7-13-18(17)22(27)25(24-20)16-10-3-2-4-11-16/h2-4,6-7,10-13,15,19H,5,8-9,14H2,1H3,(H,23,26)/t15-,19-/m1/s1. The van der Waals surface area contributed by atoms with Crippen LogP contribution in [-0.4, -0.2) is 21.7 Å². The second-order valence-corrected chi connectivity index (χ2v) is 7.29. The Hall–Kier alpha value is -2.95. The molecule has 1 aliphatic carbocycles. The van der Waals surface area contributed by atoms with Crippen LogP contribution in [0.2, 0.25) is 0 Å². The Kier molecular flexibility index (Phi) is 4.75. The number of para-hydroxylation sites is 1. The lowest BCUT2D eigenvalue weighted by Gasteiger charge is -2.29. The Labute approximate surface area is 158 Å². The Bertz CT molecular complexity index is 1030. The zero-order chi connectivity index (χ0) is 18.8. The number of carbonyl (C=O) groups is 1. The minimum absolute atomic E-state index is 0.156. The van der Waals surface area contributed by atoms with Crippen LogP contribution in [-0.2, 0) is 0 Å². The van der Waals surface area contributed by atoms with Crippen LogP contribution < -0.4 is 10.9 Å². The zero-order valence-electron chi connectivity index (χ0n) is 15.4. The normalized spacial score (nSPS) is 19.7. The van der Waals surface area contributed by atoms with Crippen molar-refractivity contribution in [3.63, 3.8) is 0 Å². The summed E-state index contributed by atoms with van der Waals surface area (Å²) in [5.74, 6) is 0.239. The molecular weight excluding hydrogens is 338 g/mol. The molecule has 1 aromatic heterocycles. The largest absolute Gasteiger partial charge is 0.348 e. The smallest absolute Gasteiger partial charge is 0.279 e. The Morgan fingerprint density at radius 3 is 2.41 bits per heavy atom. The molecule has 1 saturated carbocycles. The van der Waals surface area contributed by atoms with Crippen LogP contribution in [0.3, 0.4) is 0 Å². The van der Waals surface area contributed by atoms with Crippen LogP contribution in [0.5, 0.6) is 0 Å². The Morgan fingerprint density at radius 2 is 1.67 bits per heavy atom. The molecule has 1 heterocycles. The quantitative estimate of drug-likeness (QED) is 0.774. The van der Waals surface area contributed by atoms with Gasteiger partial charge in [0.1, 0.15) is 0 Å². The third-order valence-electron chi connectivity index (χ3n) is 5.45. The van der Waals surface area contributed by atoms with E-state index in [9.17, 15) is 9.59 Å². The van der Waals surface area contributed by atoms with E-state index < -0.39 is 0 Å². The van der Waals surface area contributed by atoms with Crippen molar-refractivity contribution in [2.45, 2.75) is 38.6 Å². The van der Waals surface area contributed by atoms with Gasteiger partial charge in [-0.3, -0.25) is 9.59 Å². The Balaban J connectivity index is 1.81.